The van der Waals surface area contributed by atoms with Crippen LogP contribution in [0, 0.1) is 6.92 Å². The Hall–Kier alpha value is -2.98. The Labute approximate surface area is 170 Å². The fourth-order valence-electron chi connectivity index (χ4n) is 2.89. The smallest absolute Gasteiger partial charge is 0.280 e. The van der Waals surface area contributed by atoms with E-state index in [0.717, 1.165) is 23.2 Å². The molecule has 8 nitrogen and oxygen atoms in total. The molecule has 1 aliphatic rings. The van der Waals surface area contributed by atoms with Crippen molar-refractivity contribution in [1.29, 1.82) is 0 Å². The number of ether oxygens (including phenoxy) is 1. The number of aryl methyl sites for hydroxylation is 1. The topological polar surface area (TPSA) is 114 Å². The van der Waals surface area contributed by atoms with Crippen LogP contribution in [0.2, 0.25) is 0 Å². The van der Waals surface area contributed by atoms with E-state index in [0.29, 0.717) is 21.7 Å². The van der Waals surface area contributed by atoms with Crippen molar-refractivity contribution in [2.24, 2.45) is 0 Å². The Morgan fingerprint density at radius 2 is 2.00 bits per heavy atom. The van der Waals surface area contributed by atoms with Crippen molar-refractivity contribution in [3.05, 3.63) is 42.0 Å². The van der Waals surface area contributed by atoms with Crippen LogP contribution in [-0.4, -0.2) is 37.1 Å². The fourth-order valence-corrected chi connectivity index (χ4v) is 4.52. The molecular formula is C19H17N3O5S2. The average Bonchev–Trinajstić information content (AvgIpc) is 3.03. The summed E-state index contributed by atoms with van der Waals surface area (Å²) in [6.45, 7) is 3.27. The Kier molecular flexibility index (Phi) is 4.35. The van der Waals surface area contributed by atoms with Crippen LogP contribution in [0.1, 0.15) is 12.5 Å². The van der Waals surface area contributed by atoms with Gasteiger partial charge in [0.2, 0.25) is 0 Å². The molecular weight excluding hydrogens is 414 g/mol. The molecule has 0 bridgehead atoms. The van der Waals surface area contributed by atoms with E-state index >= 15 is 0 Å². The number of carbonyl (C=O) groups excluding carboxylic acids is 2. The summed E-state index contributed by atoms with van der Waals surface area (Å²) >= 11 is 1.11. The maximum absolute atomic E-state index is 12.9. The SMILES string of the molecule is Cc1ccc2c(c1)NC(=O)C(C)(C(=O)Nc1nc3ccc(S(C)(=O)=O)cc3s1)O2. The lowest BCUT2D eigenvalue weighted by atomic mass is 10.0. The van der Waals surface area contributed by atoms with E-state index in [2.05, 4.69) is 15.6 Å². The lowest BCUT2D eigenvalue weighted by Crippen LogP contribution is -2.56. The second-order valence-electron chi connectivity index (χ2n) is 6.96. The first-order chi connectivity index (χ1) is 13.6. The highest BCUT2D eigenvalue weighted by Crippen LogP contribution is 2.35. The molecule has 1 aromatic heterocycles. The van der Waals surface area contributed by atoms with Crippen LogP contribution >= 0.6 is 11.3 Å². The molecule has 29 heavy (non-hydrogen) atoms. The Morgan fingerprint density at radius 1 is 1.24 bits per heavy atom. The molecule has 150 valence electrons. The van der Waals surface area contributed by atoms with Crippen molar-refractivity contribution >= 4 is 54.0 Å². The molecule has 2 heterocycles. The number of aromatic nitrogens is 1. The van der Waals surface area contributed by atoms with Gasteiger partial charge in [-0.05, 0) is 49.7 Å². The number of hydrogen-bond donors (Lipinski definition) is 2. The predicted octanol–water partition coefficient (Wildman–Crippen LogP) is 2.74. The van der Waals surface area contributed by atoms with E-state index in [1.54, 1.807) is 18.2 Å². The van der Waals surface area contributed by atoms with Gasteiger partial charge in [0.15, 0.2) is 15.0 Å². The van der Waals surface area contributed by atoms with Crippen LogP contribution in [0.25, 0.3) is 10.2 Å². The minimum absolute atomic E-state index is 0.167. The van der Waals surface area contributed by atoms with Gasteiger partial charge in [0, 0.05) is 6.26 Å². The lowest BCUT2D eigenvalue weighted by molar-refractivity contribution is -0.143. The molecule has 2 aromatic carbocycles. The number of benzene rings is 2. The highest BCUT2D eigenvalue weighted by Gasteiger charge is 2.47. The number of nitrogens with one attached hydrogen (secondary N) is 2. The molecule has 0 aliphatic carbocycles. The molecule has 4 rings (SSSR count). The molecule has 1 aliphatic heterocycles. The van der Waals surface area contributed by atoms with Crippen molar-refractivity contribution < 1.29 is 22.7 Å². The van der Waals surface area contributed by atoms with Crippen molar-refractivity contribution in [2.45, 2.75) is 24.3 Å². The largest absolute Gasteiger partial charge is 0.466 e. The first-order valence-corrected chi connectivity index (χ1v) is 11.3. The van der Waals surface area contributed by atoms with Crippen molar-refractivity contribution in [3.8, 4) is 5.75 Å². The summed E-state index contributed by atoms with van der Waals surface area (Å²) in [5, 5.41) is 5.54. The zero-order valence-corrected chi connectivity index (χ0v) is 17.4. The predicted molar refractivity (Wildman–Crippen MR) is 110 cm³/mol. The Balaban J connectivity index is 1.62. The second-order valence-corrected chi connectivity index (χ2v) is 10.0. The van der Waals surface area contributed by atoms with Gasteiger partial charge < -0.3 is 10.1 Å². The van der Waals surface area contributed by atoms with Gasteiger partial charge >= 0.3 is 0 Å². The van der Waals surface area contributed by atoms with Crippen LogP contribution in [0.3, 0.4) is 0 Å². The number of hydrogen-bond acceptors (Lipinski definition) is 7. The summed E-state index contributed by atoms with van der Waals surface area (Å²) in [6, 6.07) is 9.81. The highest BCUT2D eigenvalue weighted by atomic mass is 32.2. The van der Waals surface area contributed by atoms with E-state index in [1.165, 1.54) is 19.1 Å². The number of nitrogens with zero attached hydrogens (tertiary/aromatic N) is 1. The van der Waals surface area contributed by atoms with E-state index in [-0.39, 0.29) is 10.0 Å². The van der Waals surface area contributed by atoms with Gasteiger partial charge in [-0.3, -0.25) is 14.9 Å². The summed E-state index contributed by atoms with van der Waals surface area (Å²) in [5.74, 6) is -0.868. The molecule has 0 saturated carbocycles. The number of fused-ring (bicyclic) bond motifs is 2. The maximum atomic E-state index is 12.9. The Morgan fingerprint density at radius 3 is 2.72 bits per heavy atom. The number of rotatable bonds is 3. The number of amides is 2. The summed E-state index contributed by atoms with van der Waals surface area (Å²) in [7, 11) is -3.36. The van der Waals surface area contributed by atoms with Gasteiger partial charge in [-0.25, -0.2) is 13.4 Å². The molecule has 0 radical (unpaired) electrons. The average molecular weight is 431 g/mol. The molecule has 0 saturated heterocycles. The first kappa shape index (κ1) is 19.3. The van der Waals surface area contributed by atoms with Gasteiger partial charge in [-0.2, -0.15) is 0 Å². The number of thiazole rings is 1. The number of anilines is 2. The molecule has 3 aromatic rings. The van der Waals surface area contributed by atoms with E-state index < -0.39 is 27.3 Å². The number of sulfone groups is 1. The number of carbonyl (C=O) groups is 2. The van der Waals surface area contributed by atoms with E-state index in [9.17, 15) is 18.0 Å². The molecule has 1 unspecified atom stereocenters. The molecule has 10 heteroatoms. The molecule has 2 N–H and O–H groups in total. The minimum atomic E-state index is -3.36. The standard InChI is InChI=1S/C19H17N3O5S2/c1-10-4-7-14-13(8-10)20-16(23)19(2,27-14)17(24)22-18-21-12-6-5-11(29(3,25)26)9-15(12)28-18/h4-9H,1-3H3,(H,20,23)(H,21,22,24). The van der Waals surface area contributed by atoms with Crippen LogP contribution in [-0.2, 0) is 19.4 Å². The minimum Gasteiger partial charge on any atom is -0.466 e. The quantitative estimate of drug-likeness (QED) is 0.617. The van der Waals surface area contributed by atoms with Gasteiger partial charge in [-0.1, -0.05) is 17.4 Å². The lowest BCUT2D eigenvalue weighted by Gasteiger charge is -2.33. The molecule has 2 amide bonds. The molecule has 1 atom stereocenters. The van der Waals surface area contributed by atoms with Crippen LogP contribution in [0.4, 0.5) is 10.8 Å². The van der Waals surface area contributed by atoms with Crippen LogP contribution < -0.4 is 15.4 Å². The van der Waals surface area contributed by atoms with Crippen LogP contribution in [0.15, 0.2) is 41.3 Å². The summed E-state index contributed by atoms with van der Waals surface area (Å²) in [5.41, 5.74) is 0.216. The first-order valence-electron chi connectivity index (χ1n) is 8.59. The summed E-state index contributed by atoms with van der Waals surface area (Å²) in [4.78, 5) is 29.9. The van der Waals surface area contributed by atoms with Gasteiger partial charge in [-0.15, -0.1) is 0 Å². The summed E-state index contributed by atoms with van der Waals surface area (Å²) < 4.78 is 29.8. The molecule has 0 spiro atoms. The van der Waals surface area contributed by atoms with Crippen molar-refractivity contribution in [1.82, 2.24) is 4.98 Å². The van der Waals surface area contributed by atoms with Crippen molar-refractivity contribution in [2.75, 3.05) is 16.9 Å². The normalized spacial score (nSPS) is 18.7. The third-order valence-corrected chi connectivity index (χ3v) is 6.62. The highest BCUT2D eigenvalue weighted by molar-refractivity contribution is 7.90. The summed E-state index contributed by atoms with van der Waals surface area (Å²) in [6.07, 6.45) is 1.12. The zero-order valence-electron chi connectivity index (χ0n) is 15.8. The fraction of sp³-hybridized carbons (Fsp3) is 0.211. The van der Waals surface area contributed by atoms with E-state index in [4.69, 9.17) is 4.74 Å². The maximum Gasteiger partial charge on any atom is 0.280 e. The van der Waals surface area contributed by atoms with Gasteiger partial charge in [0.05, 0.1) is 20.8 Å². The zero-order chi connectivity index (χ0) is 21.0. The second kappa shape index (κ2) is 6.53. The third kappa shape index (κ3) is 3.45. The van der Waals surface area contributed by atoms with Gasteiger partial charge in [0.25, 0.3) is 17.4 Å². The van der Waals surface area contributed by atoms with E-state index in [1.807, 2.05) is 13.0 Å². The van der Waals surface area contributed by atoms with Crippen LogP contribution in [0.5, 0.6) is 5.75 Å². The third-order valence-electron chi connectivity index (χ3n) is 4.57. The monoisotopic (exact) mass is 431 g/mol. The Bertz CT molecular complexity index is 1280. The molecule has 0 fully saturated rings. The van der Waals surface area contributed by atoms with Gasteiger partial charge in [0.1, 0.15) is 5.75 Å². The van der Waals surface area contributed by atoms with Crippen molar-refractivity contribution in [3.63, 3.8) is 0 Å².